The Labute approximate surface area is 117 Å². The van der Waals surface area contributed by atoms with Crippen LogP contribution < -0.4 is 0 Å². The second-order valence-electron chi connectivity index (χ2n) is 5.51. The first-order valence-corrected chi connectivity index (χ1v) is 7.54. The summed E-state index contributed by atoms with van der Waals surface area (Å²) in [5, 5.41) is 0. The van der Waals surface area contributed by atoms with Crippen molar-refractivity contribution in [3.05, 3.63) is 23.8 Å². The quantitative estimate of drug-likeness (QED) is 0.605. The molecule has 2 nitrogen and oxygen atoms in total. The number of unbranched alkanes of at least 4 members (excludes halogenated alkanes) is 1. The number of allylic oxidation sites excluding steroid dienone is 2. The molecule has 1 aliphatic rings. The summed E-state index contributed by atoms with van der Waals surface area (Å²) in [5.74, 6) is 0.699. The molecular formula is C17H28O2. The van der Waals surface area contributed by atoms with E-state index in [1.807, 2.05) is 19.1 Å². The van der Waals surface area contributed by atoms with Crippen molar-refractivity contribution in [1.82, 2.24) is 0 Å². The monoisotopic (exact) mass is 264 g/mol. The molecular weight excluding hydrogens is 236 g/mol. The lowest BCUT2D eigenvalue weighted by Crippen LogP contribution is -2.41. The summed E-state index contributed by atoms with van der Waals surface area (Å²) in [6.45, 7) is 6.37. The lowest BCUT2D eigenvalue weighted by molar-refractivity contribution is -0.133. The molecule has 0 saturated heterocycles. The number of ether oxygens (including phenoxy) is 1. The molecule has 0 radical (unpaired) electrons. The van der Waals surface area contributed by atoms with Gasteiger partial charge in [0.05, 0.1) is 0 Å². The average molecular weight is 264 g/mol. The topological polar surface area (TPSA) is 26.3 Å². The Morgan fingerprint density at radius 3 is 2.74 bits per heavy atom. The molecule has 0 bridgehead atoms. The van der Waals surface area contributed by atoms with Crippen LogP contribution in [0.3, 0.4) is 0 Å². The minimum absolute atomic E-state index is 0.211. The number of methoxy groups -OCH3 is 1. The van der Waals surface area contributed by atoms with Gasteiger partial charge in [-0.3, -0.25) is 4.79 Å². The summed E-state index contributed by atoms with van der Waals surface area (Å²) in [7, 11) is 1.64. The van der Waals surface area contributed by atoms with Gasteiger partial charge in [0.2, 0.25) is 0 Å². The van der Waals surface area contributed by atoms with Crippen LogP contribution in [-0.4, -0.2) is 18.5 Å². The maximum absolute atomic E-state index is 12.7. The molecule has 2 atom stereocenters. The highest BCUT2D eigenvalue weighted by atomic mass is 16.5. The molecule has 0 aromatic heterocycles. The van der Waals surface area contributed by atoms with Crippen LogP contribution in [0.15, 0.2) is 23.8 Å². The van der Waals surface area contributed by atoms with Crippen LogP contribution in [0.5, 0.6) is 0 Å². The van der Waals surface area contributed by atoms with E-state index >= 15 is 0 Å². The van der Waals surface area contributed by atoms with Gasteiger partial charge in [-0.1, -0.05) is 51.7 Å². The molecule has 0 heterocycles. The molecule has 2 unspecified atom stereocenters. The van der Waals surface area contributed by atoms with E-state index in [2.05, 4.69) is 19.9 Å². The minimum Gasteiger partial charge on any atom is -0.362 e. The fourth-order valence-corrected chi connectivity index (χ4v) is 2.77. The van der Waals surface area contributed by atoms with Gasteiger partial charge in [-0.15, -0.1) is 0 Å². The Hall–Kier alpha value is -0.890. The first-order chi connectivity index (χ1) is 9.10. The predicted octanol–water partition coefficient (Wildman–Crippen LogP) is 4.45. The first kappa shape index (κ1) is 16.2. The van der Waals surface area contributed by atoms with Gasteiger partial charge in [0.1, 0.15) is 0 Å². The van der Waals surface area contributed by atoms with Crippen LogP contribution in [0.25, 0.3) is 0 Å². The molecule has 1 aliphatic carbocycles. The molecule has 1 rings (SSSR count). The second-order valence-corrected chi connectivity index (χ2v) is 5.51. The zero-order chi connectivity index (χ0) is 14.3. The highest BCUT2D eigenvalue weighted by molar-refractivity contribution is 5.93. The largest absolute Gasteiger partial charge is 0.362 e. The van der Waals surface area contributed by atoms with E-state index in [1.54, 1.807) is 7.11 Å². The van der Waals surface area contributed by atoms with Crippen molar-refractivity contribution in [2.24, 2.45) is 5.92 Å². The normalized spacial score (nSPS) is 24.1. The van der Waals surface area contributed by atoms with Crippen molar-refractivity contribution in [2.75, 3.05) is 7.11 Å². The Morgan fingerprint density at radius 2 is 2.21 bits per heavy atom. The minimum atomic E-state index is -0.794. The number of carbonyl (C=O) groups excluding carboxylic acids is 1. The summed E-state index contributed by atoms with van der Waals surface area (Å²) in [6, 6.07) is 0. The van der Waals surface area contributed by atoms with E-state index in [-0.39, 0.29) is 5.78 Å². The second kappa shape index (κ2) is 7.64. The van der Waals surface area contributed by atoms with Crippen LogP contribution >= 0.6 is 0 Å². The van der Waals surface area contributed by atoms with Crippen molar-refractivity contribution < 1.29 is 9.53 Å². The molecule has 0 aromatic rings. The third-order valence-corrected chi connectivity index (χ3v) is 4.25. The van der Waals surface area contributed by atoms with Crippen LogP contribution in [0.1, 0.15) is 59.3 Å². The Balaban J connectivity index is 2.76. The molecule has 0 fully saturated rings. The number of rotatable bonds is 8. The van der Waals surface area contributed by atoms with E-state index < -0.39 is 5.60 Å². The molecule has 19 heavy (non-hydrogen) atoms. The van der Waals surface area contributed by atoms with Crippen molar-refractivity contribution in [3.8, 4) is 0 Å². The molecule has 2 heteroatoms. The maximum Gasteiger partial charge on any atom is 0.173 e. The van der Waals surface area contributed by atoms with Crippen LogP contribution in [0.4, 0.5) is 0 Å². The Morgan fingerprint density at radius 1 is 1.47 bits per heavy atom. The lowest BCUT2D eigenvalue weighted by Gasteiger charge is -2.32. The van der Waals surface area contributed by atoms with E-state index in [4.69, 9.17) is 4.74 Å². The van der Waals surface area contributed by atoms with Gasteiger partial charge in [0, 0.05) is 13.5 Å². The molecule has 0 N–H and O–H groups in total. The summed E-state index contributed by atoms with van der Waals surface area (Å²) in [5.41, 5.74) is 0.241. The third-order valence-electron chi connectivity index (χ3n) is 4.25. The van der Waals surface area contributed by atoms with E-state index in [0.717, 1.165) is 24.8 Å². The fourth-order valence-electron chi connectivity index (χ4n) is 2.77. The fraction of sp³-hybridized carbons (Fsp3) is 0.706. The highest BCUT2D eigenvalue weighted by Crippen LogP contribution is 2.31. The zero-order valence-corrected chi connectivity index (χ0v) is 12.9. The van der Waals surface area contributed by atoms with Crippen molar-refractivity contribution in [1.29, 1.82) is 0 Å². The van der Waals surface area contributed by atoms with Crippen molar-refractivity contribution >= 4 is 5.78 Å². The summed E-state index contributed by atoms with van der Waals surface area (Å²) in [6.07, 6.45) is 12.2. The van der Waals surface area contributed by atoms with E-state index in [0.29, 0.717) is 12.3 Å². The van der Waals surface area contributed by atoms with Gasteiger partial charge in [0.25, 0.3) is 0 Å². The number of ketones is 1. The van der Waals surface area contributed by atoms with E-state index in [1.165, 1.54) is 12.8 Å². The first-order valence-electron chi connectivity index (χ1n) is 7.54. The zero-order valence-electron chi connectivity index (χ0n) is 12.9. The van der Waals surface area contributed by atoms with Gasteiger partial charge < -0.3 is 4.74 Å². The van der Waals surface area contributed by atoms with Gasteiger partial charge in [-0.05, 0) is 30.9 Å². The number of hydrogen-bond acceptors (Lipinski definition) is 2. The molecule has 0 aliphatic heterocycles. The van der Waals surface area contributed by atoms with E-state index in [9.17, 15) is 4.79 Å². The highest BCUT2D eigenvalue weighted by Gasteiger charge is 2.38. The number of hydrogen-bond donors (Lipinski definition) is 0. The average Bonchev–Trinajstić information content (AvgIpc) is 2.43. The van der Waals surface area contributed by atoms with Gasteiger partial charge >= 0.3 is 0 Å². The lowest BCUT2D eigenvalue weighted by atomic mass is 9.80. The smallest absolute Gasteiger partial charge is 0.173 e. The standard InChI is InChI=1S/C17H28O2/c1-5-7-11-15(6-2)13-16(18)17(19-4)12-9-8-10-14(17)3/h9-10,12,15H,5-8,11,13H2,1-4H3. The molecule has 0 aromatic carbocycles. The van der Waals surface area contributed by atoms with Gasteiger partial charge in [0.15, 0.2) is 11.4 Å². The van der Waals surface area contributed by atoms with Crippen molar-refractivity contribution in [3.63, 3.8) is 0 Å². The van der Waals surface area contributed by atoms with Gasteiger partial charge in [-0.25, -0.2) is 0 Å². The van der Waals surface area contributed by atoms with Crippen LogP contribution in [-0.2, 0) is 9.53 Å². The molecule has 108 valence electrons. The predicted molar refractivity (Wildman–Crippen MR) is 80.2 cm³/mol. The maximum atomic E-state index is 12.7. The molecule has 0 amide bonds. The summed E-state index contributed by atoms with van der Waals surface area (Å²) in [4.78, 5) is 12.7. The van der Waals surface area contributed by atoms with Crippen LogP contribution in [0.2, 0.25) is 0 Å². The van der Waals surface area contributed by atoms with Gasteiger partial charge in [-0.2, -0.15) is 0 Å². The number of Topliss-reactive ketones (excluding diaryl/α,β-unsaturated/α-hetero) is 1. The molecule has 0 spiro atoms. The Kier molecular flexibility index (Phi) is 6.50. The SMILES string of the molecule is CCCCC(CC)CC(=O)C1(OC)C=CCC=C1C. The summed E-state index contributed by atoms with van der Waals surface area (Å²) < 4.78 is 5.60. The molecule has 0 saturated carbocycles. The van der Waals surface area contributed by atoms with Crippen LogP contribution in [0, 0.1) is 5.92 Å². The summed E-state index contributed by atoms with van der Waals surface area (Å²) >= 11 is 0. The number of carbonyl (C=O) groups is 1. The van der Waals surface area contributed by atoms with Crippen molar-refractivity contribution in [2.45, 2.75) is 64.9 Å². The Bertz CT molecular complexity index is 354. The third kappa shape index (κ3) is 3.79.